The normalized spacial score (nSPS) is 14.2. The summed E-state index contributed by atoms with van der Waals surface area (Å²) < 4.78 is 52.6. The maximum Gasteiger partial charge on any atom is 0.244 e. The van der Waals surface area contributed by atoms with Crippen molar-refractivity contribution in [3.63, 3.8) is 0 Å². The van der Waals surface area contributed by atoms with Gasteiger partial charge in [0.1, 0.15) is 16.5 Å². The fourth-order valence-corrected chi connectivity index (χ4v) is 4.08. The zero-order valence-electron chi connectivity index (χ0n) is 12.0. The number of hydrogen-bond acceptors (Lipinski definition) is 3. The minimum Gasteiger partial charge on any atom is -0.392 e. The molecule has 1 rings (SSSR count). The highest BCUT2D eigenvalue weighted by Crippen LogP contribution is 2.26. The van der Waals surface area contributed by atoms with Gasteiger partial charge >= 0.3 is 0 Å². The molecular formula is C13H18BrF2NO3S. The van der Waals surface area contributed by atoms with Crippen molar-refractivity contribution in [3.05, 3.63) is 28.2 Å². The molecule has 0 fully saturated rings. The van der Waals surface area contributed by atoms with Crippen LogP contribution in [0.5, 0.6) is 0 Å². The van der Waals surface area contributed by atoms with E-state index in [0.29, 0.717) is 12.5 Å². The first-order valence-electron chi connectivity index (χ1n) is 6.25. The zero-order valence-corrected chi connectivity index (χ0v) is 14.4. The smallest absolute Gasteiger partial charge is 0.244 e. The molecule has 8 heteroatoms. The molecule has 0 saturated heterocycles. The van der Waals surface area contributed by atoms with Gasteiger partial charge in [0.05, 0.1) is 6.10 Å². The lowest BCUT2D eigenvalue weighted by Crippen LogP contribution is -2.34. The Morgan fingerprint density at radius 3 is 2.38 bits per heavy atom. The first-order valence-corrected chi connectivity index (χ1v) is 8.52. The van der Waals surface area contributed by atoms with Gasteiger partial charge in [0.15, 0.2) is 0 Å². The summed E-state index contributed by atoms with van der Waals surface area (Å²) in [5.41, 5.74) is -0.174. The van der Waals surface area contributed by atoms with Crippen molar-refractivity contribution in [2.45, 2.75) is 38.2 Å². The molecule has 1 aromatic carbocycles. The Morgan fingerprint density at radius 2 is 1.90 bits per heavy atom. The molecular weight excluding hydrogens is 368 g/mol. The van der Waals surface area contributed by atoms with Crippen molar-refractivity contribution in [2.75, 3.05) is 6.54 Å². The minimum absolute atomic E-state index is 0.174. The summed E-state index contributed by atoms with van der Waals surface area (Å²) >= 11 is 2.83. The topological polar surface area (TPSA) is 66.4 Å². The minimum atomic E-state index is -4.19. The van der Waals surface area contributed by atoms with Crippen molar-refractivity contribution in [1.29, 1.82) is 0 Å². The van der Waals surface area contributed by atoms with Gasteiger partial charge in [-0.25, -0.2) is 21.9 Å². The van der Waals surface area contributed by atoms with E-state index in [0.717, 1.165) is 6.07 Å². The van der Waals surface area contributed by atoms with Crippen molar-refractivity contribution in [1.82, 2.24) is 4.72 Å². The van der Waals surface area contributed by atoms with Crippen LogP contribution in [0.25, 0.3) is 0 Å². The Labute approximate surface area is 131 Å². The fourth-order valence-electron chi connectivity index (χ4n) is 1.84. The molecule has 0 saturated carbocycles. The molecule has 1 unspecified atom stereocenters. The second-order valence-corrected chi connectivity index (χ2v) is 8.53. The molecule has 1 atom stereocenters. The summed E-state index contributed by atoms with van der Waals surface area (Å²) in [6.07, 6.45) is -0.523. The van der Waals surface area contributed by atoms with E-state index in [9.17, 15) is 22.3 Å². The Morgan fingerprint density at radius 1 is 1.33 bits per heavy atom. The van der Waals surface area contributed by atoms with Gasteiger partial charge in [-0.1, -0.05) is 20.8 Å². The third kappa shape index (κ3) is 5.61. The predicted molar refractivity (Wildman–Crippen MR) is 79.3 cm³/mol. The van der Waals surface area contributed by atoms with Gasteiger partial charge in [0.25, 0.3) is 0 Å². The maximum atomic E-state index is 13.7. The maximum absolute atomic E-state index is 13.7. The van der Waals surface area contributed by atoms with Crippen molar-refractivity contribution < 1.29 is 22.3 Å². The van der Waals surface area contributed by atoms with E-state index in [4.69, 9.17) is 0 Å². The summed E-state index contributed by atoms with van der Waals surface area (Å²) in [7, 11) is -4.19. The number of nitrogens with one attached hydrogen (secondary N) is 1. The van der Waals surface area contributed by atoms with Gasteiger partial charge in [-0.05, 0) is 33.8 Å². The van der Waals surface area contributed by atoms with Crippen molar-refractivity contribution in [2.24, 2.45) is 5.41 Å². The van der Waals surface area contributed by atoms with Crippen molar-refractivity contribution in [3.8, 4) is 0 Å². The third-order valence-corrected chi connectivity index (χ3v) is 4.98. The van der Waals surface area contributed by atoms with Gasteiger partial charge < -0.3 is 5.11 Å². The van der Waals surface area contributed by atoms with E-state index in [1.165, 1.54) is 0 Å². The van der Waals surface area contributed by atoms with E-state index >= 15 is 0 Å². The largest absolute Gasteiger partial charge is 0.392 e. The standard InChI is InChI=1S/C13H18BrF2NO3S/c1-13(2,3)6-9(18)7-17-21(19,20)12-10(14)4-8(15)5-11(12)16/h4-5,9,17-18H,6-7H2,1-3H3. The average molecular weight is 386 g/mol. The molecule has 0 bridgehead atoms. The van der Waals surface area contributed by atoms with Crippen LogP contribution in [0.1, 0.15) is 27.2 Å². The number of benzene rings is 1. The molecule has 0 amide bonds. The SMILES string of the molecule is CC(C)(C)CC(O)CNS(=O)(=O)c1c(F)cc(F)cc1Br. The fraction of sp³-hybridized carbons (Fsp3) is 0.538. The number of sulfonamides is 1. The van der Waals surface area contributed by atoms with Crippen LogP contribution in [0, 0.1) is 17.0 Å². The van der Waals surface area contributed by atoms with Crippen molar-refractivity contribution >= 4 is 26.0 Å². The van der Waals surface area contributed by atoms with E-state index in [1.807, 2.05) is 20.8 Å². The Hall–Kier alpha value is -0.570. The molecule has 0 spiro atoms. The highest BCUT2D eigenvalue weighted by atomic mass is 79.9. The predicted octanol–water partition coefficient (Wildman–Crippen LogP) is 2.80. The van der Waals surface area contributed by atoms with Crippen LogP contribution in [-0.4, -0.2) is 26.2 Å². The first-order chi connectivity index (χ1) is 9.42. The number of hydrogen-bond donors (Lipinski definition) is 2. The Balaban J connectivity index is 2.89. The first kappa shape index (κ1) is 18.5. The van der Waals surface area contributed by atoms with Gasteiger partial charge in [-0.15, -0.1) is 0 Å². The van der Waals surface area contributed by atoms with E-state index < -0.39 is 32.7 Å². The van der Waals surface area contributed by atoms with Crippen LogP contribution in [0.3, 0.4) is 0 Å². The summed E-state index contributed by atoms with van der Waals surface area (Å²) in [6, 6.07) is 1.36. The highest BCUT2D eigenvalue weighted by molar-refractivity contribution is 9.10. The van der Waals surface area contributed by atoms with E-state index in [-0.39, 0.29) is 16.4 Å². The van der Waals surface area contributed by atoms with Crippen LogP contribution in [0.2, 0.25) is 0 Å². The van der Waals surface area contributed by atoms with Gasteiger partial charge in [0.2, 0.25) is 10.0 Å². The lowest BCUT2D eigenvalue weighted by molar-refractivity contribution is 0.125. The molecule has 1 aromatic rings. The van der Waals surface area contributed by atoms with Crippen LogP contribution < -0.4 is 4.72 Å². The molecule has 0 aliphatic carbocycles. The Kier molecular flexibility index (Phi) is 5.88. The van der Waals surface area contributed by atoms with E-state index in [2.05, 4.69) is 20.7 Å². The quantitative estimate of drug-likeness (QED) is 0.818. The number of aliphatic hydroxyl groups excluding tert-OH is 1. The van der Waals surface area contributed by atoms with Crippen LogP contribution >= 0.6 is 15.9 Å². The average Bonchev–Trinajstić information content (AvgIpc) is 2.22. The van der Waals surface area contributed by atoms with Gasteiger partial charge in [0, 0.05) is 17.1 Å². The molecule has 0 aromatic heterocycles. The molecule has 0 aliphatic heterocycles. The Bertz CT molecular complexity index is 591. The summed E-state index contributed by atoms with van der Waals surface area (Å²) in [4.78, 5) is -0.674. The third-order valence-electron chi connectivity index (χ3n) is 2.59. The molecule has 0 heterocycles. The lowest BCUT2D eigenvalue weighted by atomic mass is 9.89. The number of rotatable bonds is 5. The molecule has 21 heavy (non-hydrogen) atoms. The monoisotopic (exact) mass is 385 g/mol. The summed E-state index contributed by atoms with van der Waals surface area (Å²) in [5.74, 6) is -2.08. The summed E-state index contributed by atoms with van der Waals surface area (Å²) in [5, 5.41) is 9.79. The zero-order chi connectivity index (χ0) is 16.4. The van der Waals surface area contributed by atoms with Crippen LogP contribution in [0.15, 0.2) is 21.5 Å². The summed E-state index contributed by atoms with van der Waals surface area (Å²) in [6.45, 7) is 5.46. The molecule has 0 radical (unpaired) electrons. The second kappa shape index (κ2) is 6.68. The molecule has 120 valence electrons. The highest BCUT2D eigenvalue weighted by Gasteiger charge is 2.25. The molecule has 4 nitrogen and oxygen atoms in total. The van der Waals surface area contributed by atoms with Gasteiger partial charge in [-0.3, -0.25) is 0 Å². The van der Waals surface area contributed by atoms with E-state index in [1.54, 1.807) is 0 Å². The molecule has 2 N–H and O–H groups in total. The van der Waals surface area contributed by atoms with Crippen LogP contribution in [0.4, 0.5) is 8.78 Å². The number of aliphatic hydroxyl groups is 1. The van der Waals surface area contributed by atoms with Crippen LogP contribution in [-0.2, 0) is 10.0 Å². The molecule has 0 aliphatic rings. The second-order valence-electron chi connectivity index (χ2n) is 5.97. The number of halogens is 3. The lowest BCUT2D eigenvalue weighted by Gasteiger charge is -2.22. The van der Waals surface area contributed by atoms with Gasteiger partial charge in [-0.2, -0.15) is 0 Å².